The first-order valence-electron chi connectivity index (χ1n) is 4.96. The van der Waals surface area contributed by atoms with Gasteiger partial charge in [-0.2, -0.15) is 8.42 Å². The number of furan rings is 1. The molecule has 1 aromatic carbocycles. The van der Waals surface area contributed by atoms with Crippen LogP contribution in [0.1, 0.15) is 12.0 Å². The summed E-state index contributed by atoms with van der Waals surface area (Å²) < 4.78 is 35.0. The lowest BCUT2D eigenvalue weighted by Crippen LogP contribution is -2.04. The van der Waals surface area contributed by atoms with E-state index in [9.17, 15) is 8.42 Å². The quantitative estimate of drug-likeness (QED) is 0.832. The average molecular weight is 240 g/mol. The lowest BCUT2D eigenvalue weighted by molar-refractivity contribution is 0.481. The van der Waals surface area contributed by atoms with Crippen molar-refractivity contribution in [2.45, 2.75) is 12.8 Å². The Labute approximate surface area is 93.6 Å². The van der Waals surface area contributed by atoms with Crippen molar-refractivity contribution in [2.24, 2.45) is 0 Å². The Balaban J connectivity index is 2.10. The molecule has 0 aliphatic rings. The van der Waals surface area contributed by atoms with E-state index >= 15 is 0 Å². The number of para-hydroxylation sites is 1. The van der Waals surface area contributed by atoms with Crippen molar-refractivity contribution in [1.82, 2.24) is 0 Å². The number of hydrogen-bond donors (Lipinski definition) is 1. The molecule has 0 saturated heterocycles. The molecule has 0 amide bonds. The van der Waals surface area contributed by atoms with Crippen LogP contribution in [-0.4, -0.2) is 18.7 Å². The third-order valence-corrected chi connectivity index (χ3v) is 3.21. The van der Waals surface area contributed by atoms with Crippen LogP contribution in [0.3, 0.4) is 0 Å². The van der Waals surface area contributed by atoms with Crippen LogP contribution >= 0.6 is 0 Å². The molecule has 2 rings (SSSR count). The van der Waals surface area contributed by atoms with Gasteiger partial charge in [0.15, 0.2) is 0 Å². The van der Waals surface area contributed by atoms with Gasteiger partial charge in [0.05, 0.1) is 12.0 Å². The van der Waals surface area contributed by atoms with E-state index < -0.39 is 10.1 Å². The van der Waals surface area contributed by atoms with E-state index in [1.54, 1.807) is 6.26 Å². The SMILES string of the molecule is O=S(=O)(O)CCCc1coc2ccccc12. The molecule has 0 aliphatic carbocycles. The lowest BCUT2D eigenvalue weighted by Gasteiger charge is -1.97. The molecule has 2 aromatic rings. The zero-order chi connectivity index (χ0) is 11.6. The molecule has 1 aromatic heterocycles. The van der Waals surface area contributed by atoms with Crippen molar-refractivity contribution < 1.29 is 17.4 Å². The predicted molar refractivity (Wildman–Crippen MR) is 61.0 cm³/mol. The topological polar surface area (TPSA) is 67.5 Å². The first-order chi connectivity index (χ1) is 7.56. The fourth-order valence-electron chi connectivity index (χ4n) is 1.67. The maximum absolute atomic E-state index is 10.6. The second kappa shape index (κ2) is 4.27. The zero-order valence-corrected chi connectivity index (χ0v) is 9.40. The maximum atomic E-state index is 10.6. The van der Waals surface area contributed by atoms with Gasteiger partial charge in [0.2, 0.25) is 0 Å². The van der Waals surface area contributed by atoms with E-state index in [2.05, 4.69) is 0 Å². The van der Waals surface area contributed by atoms with E-state index in [4.69, 9.17) is 8.97 Å². The summed E-state index contributed by atoms with van der Waals surface area (Å²) in [7, 11) is -3.86. The van der Waals surface area contributed by atoms with Crippen LogP contribution < -0.4 is 0 Å². The van der Waals surface area contributed by atoms with Crippen molar-refractivity contribution in [3.63, 3.8) is 0 Å². The van der Waals surface area contributed by atoms with Gasteiger partial charge in [0.25, 0.3) is 10.1 Å². The molecule has 4 nitrogen and oxygen atoms in total. The van der Waals surface area contributed by atoms with Gasteiger partial charge in [-0.15, -0.1) is 0 Å². The fraction of sp³-hybridized carbons (Fsp3) is 0.273. The number of benzene rings is 1. The first kappa shape index (κ1) is 11.2. The van der Waals surface area contributed by atoms with Gasteiger partial charge in [-0.05, 0) is 24.5 Å². The molecule has 0 spiro atoms. The van der Waals surface area contributed by atoms with Gasteiger partial charge in [-0.25, -0.2) is 0 Å². The molecule has 1 heterocycles. The minimum atomic E-state index is -3.86. The summed E-state index contributed by atoms with van der Waals surface area (Å²) in [5, 5.41) is 0.998. The molecule has 0 aliphatic heterocycles. The van der Waals surface area contributed by atoms with Crippen molar-refractivity contribution in [1.29, 1.82) is 0 Å². The minimum Gasteiger partial charge on any atom is -0.464 e. The lowest BCUT2D eigenvalue weighted by atomic mass is 10.1. The molecule has 0 saturated carbocycles. The molecule has 0 fully saturated rings. The summed E-state index contributed by atoms with van der Waals surface area (Å²) in [5.41, 5.74) is 1.77. The molecular weight excluding hydrogens is 228 g/mol. The molecule has 5 heteroatoms. The second-order valence-corrected chi connectivity index (χ2v) is 5.22. The standard InChI is InChI=1S/C11H12O4S/c12-16(13,14)7-3-4-9-8-15-11-6-2-1-5-10(9)11/h1-2,5-6,8H,3-4,7H2,(H,12,13,14). The predicted octanol–water partition coefficient (Wildman–Crippen LogP) is 2.25. The van der Waals surface area contributed by atoms with Crippen molar-refractivity contribution in [2.75, 3.05) is 5.75 Å². The summed E-state index contributed by atoms with van der Waals surface area (Å²) >= 11 is 0. The third-order valence-electron chi connectivity index (χ3n) is 2.41. The van der Waals surface area contributed by atoms with Crippen LogP contribution in [0.15, 0.2) is 34.9 Å². The number of fused-ring (bicyclic) bond motifs is 1. The number of hydrogen-bond acceptors (Lipinski definition) is 3. The van der Waals surface area contributed by atoms with Crippen LogP contribution in [-0.2, 0) is 16.5 Å². The van der Waals surface area contributed by atoms with Gasteiger partial charge < -0.3 is 4.42 Å². The highest BCUT2D eigenvalue weighted by atomic mass is 32.2. The maximum Gasteiger partial charge on any atom is 0.264 e. The highest BCUT2D eigenvalue weighted by molar-refractivity contribution is 7.85. The molecule has 0 unspecified atom stereocenters. The van der Waals surface area contributed by atoms with Crippen LogP contribution in [0.4, 0.5) is 0 Å². The van der Waals surface area contributed by atoms with E-state index in [0.29, 0.717) is 12.8 Å². The molecule has 1 N–H and O–H groups in total. The fourth-order valence-corrected chi connectivity index (χ4v) is 2.18. The van der Waals surface area contributed by atoms with E-state index in [1.807, 2.05) is 24.3 Å². The van der Waals surface area contributed by atoms with Crippen LogP contribution in [0.2, 0.25) is 0 Å². The van der Waals surface area contributed by atoms with E-state index in [0.717, 1.165) is 16.5 Å². The van der Waals surface area contributed by atoms with Crippen molar-refractivity contribution in [3.05, 3.63) is 36.1 Å². The summed E-state index contributed by atoms with van der Waals surface area (Å²) in [6.07, 6.45) is 2.60. The summed E-state index contributed by atoms with van der Waals surface area (Å²) in [5.74, 6) is -0.216. The summed E-state index contributed by atoms with van der Waals surface area (Å²) in [6, 6.07) is 7.58. The van der Waals surface area contributed by atoms with Gasteiger partial charge in [-0.3, -0.25) is 4.55 Å². The molecule has 16 heavy (non-hydrogen) atoms. The Bertz CT molecular complexity index is 583. The monoisotopic (exact) mass is 240 g/mol. The summed E-state index contributed by atoms with van der Waals surface area (Å²) in [4.78, 5) is 0. The minimum absolute atomic E-state index is 0.216. The van der Waals surface area contributed by atoms with Crippen LogP contribution in [0.5, 0.6) is 0 Å². The highest BCUT2D eigenvalue weighted by Crippen LogP contribution is 2.21. The number of aryl methyl sites for hydroxylation is 1. The molecule has 0 bridgehead atoms. The Morgan fingerprint density at radius 1 is 1.25 bits per heavy atom. The normalized spacial score (nSPS) is 12.1. The second-order valence-electron chi connectivity index (χ2n) is 3.65. The largest absolute Gasteiger partial charge is 0.464 e. The van der Waals surface area contributed by atoms with Crippen LogP contribution in [0, 0.1) is 0 Å². The van der Waals surface area contributed by atoms with E-state index in [-0.39, 0.29) is 5.75 Å². The first-order valence-corrected chi connectivity index (χ1v) is 6.57. The van der Waals surface area contributed by atoms with Gasteiger partial charge in [-0.1, -0.05) is 18.2 Å². The highest BCUT2D eigenvalue weighted by Gasteiger charge is 2.08. The van der Waals surface area contributed by atoms with Crippen molar-refractivity contribution >= 4 is 21.1 Å². The molecule has 0 radical (unpaired) electrons. The Morgan fingerprint density at radius 3 is 2.75 bits per heavy atom. The summed E-state index contributed by atoms with van der Waals surface area (Å²) in [6.45, 7) is 0. The van der Waals surface area contributed by atoms with Gasteiger partial charge in [0, 0.05) is 5.39 Å². The zero-order valence-electron chi connectivity index (χ0n) is 8.59. The molecular formula is C11H12O4S. The molecule has 86 valence electrons. The van der Waals surface area contributed by atoms with Crippen LogP contribution in [0.25, 0.3) is 11.0 Å². The van der Waals surface area contributed by atoms with E-state index in [1.165, 1.54) is 0 Å². The Kier molecular flexibility index (Phi) is 2.98. The Morgan fingerprint density at radius 2 is 2.00 bits per heavy atom. The van der Waals surface area contributed by atoms with Gasteiger partial charge >= 0.3 is 0 Å². The third kappa shape index (κ3) is 2.62. The smallest absolute Gasteiger partial charge is 0.264 e. The average Bonchev–Trinajstić information content (AvgIpc) is 2.60. The Hall–Kier alpha value is -1.33. The number of rotatable bonds is 4. The molecule has 0 atom stereocenters. The van der Waals surface area contributed by atoms with Crippen molar-refractivity contribution in [3.8, 4) is 0 Å². The van der Waals surface area contributed by atoms with Gasteiger partial charge in [0.1, 0.15) is 5.58 Å².